The van der Waals surface area contributed by atoms with Crippen LogP contribution in [0.3, 0.4) is 0 Å². The molecule has 9 heteroatoms. The predicted octanol–water partition coefficient (Wildman–Crippen LogP) is 3.51. The lowest BCUT2D eigenvalue weighted by Gasteiger charge is -2.09. The molecule has 4 aromatic rings. The molecule has 0 spiro atoms. The molecule has 0 atom stereocenters. The molecule has 3 heterocycles. The summed E-state index contributed by atoms with van der Waals surface area (Å²) in [5.74, 6) is 1.91. The normalized spacial score (nSPS) is 13.1. The Hall–Kier alpha value is -4.14. The Balaban J connectivity index is 1.33. The molecule has 1 amide bonds. The zero-order chi connectivity index (χ0) is 20.3. The van der Waals surface area contributed by atoms with Crippen LogP contribution >= 0.6 is 0 Å². The number of nitrogens with one attached hydrogen (secondary N) is 1. The van der Waals surface area contributed by atoms with Gasteiger partial charge in [0.1, 0.15) is 29.3 Å². The van der Waals surface area contributed by atoms with E-state index in [2.05, 4.69) is 30.7 Å². The first-order valence-electron chi connectivity index (χ1n) is 9.49. The largest absolute Gasteiger partial charge is 0.456 e. The molecule has 5 rings (SSSR count). The number of aromatic nitrogens is 6. The van der Waals surface area contributed by atoms with Gasteiger partial charge in [0.05, 0.1) is 12.4 Å². The van der Waals surface area contributed by atoms with Gasteiger partial charge in [0.25, 0.3) is 5.91 Å². The monoisotopic (exact) mass is 399 g/mol. The van der Waals surface area contributed by atoms with Gasteiger partial charge in [0.15, 0.2) is 5.82 Å². The topological polar surface area (TPSA) is 108 Å². The molecular weight excluding hydrogens is 382 g/mol. The quantitative estimate of drug-likeness (QED) is 0.528. The fourth-order valence-electron chi connectivity index (χ4n) is 3.04. The van der Waals surface area contributed by atoms with Gasteiger partial charge in [-0.1, -0.05) is 12.1 Å². The van der Waals surface area contributed by atoms with E-state index in [1.807, 2.05) is 16.7 Å². The molecule has 9 nitrogen and oxygen atoms in total. The fourth-order valence-corrected chi connectivity index (χ4v) is 3.04. The zero-order valence-corrected chi connectivity index (χ0v) is 15.8. The minimum Gasteiger partial charge on any atom is -0.456 e. The van der Waals surface area contributed by atoms with Crippen molar-refractivity contribution in [2.24, 2.45) is 0 Å². The highest BCUT2D eigenvalue weighted by atomic mass is 16.5. The second-order valence-electron chi connectivity index (χ2n) is 6.86. The third-order valence-corrected chi connectivity index (χ3v) is 4.62. The van der Waals surface area contributed by atoms with Crippen LogP contribution < -0.4 is 10.1 Å². The first-order chi connectivity index (χ1) is 14.8. The lowest BCUT2D eigenvalue weighted by atomic mass is 10.2. The number of pyridine rings is 1. The minimum absolute atomic E-state index is 0.290. The number of carbonyl (C=O) groups excluding carboxylic acids is 1. The highest BCUT2D eigenvalue weighted by molar-refractivity contribution is 6.04. The van der Waals surface area contributed by atoms with Crippen LogP contribution in [-0.2, 0) is 0 Å². The average Bonchev–Trinajstić information content (AvgIpc) is 3.51. The molecule has 3 aromatic heterocycles. The minimum atomic E-state index is -0.290. The molecular formula is C21H17N7O2. The summed E-state index contributed by atoms with van der Waals surface area (Å²) in [5.41, 5.74) is 1.11. The lowest BCUT2D eigenvalue weighted by molar-refractivity contribution is 0.102. The van der Waals surface area contributed by atoms with Crippen LogP contribution in [0.4, 0.5) is 5.82 Å². The van der Waals surface area contributed by atoms with Crippen molar-refractivity contribution in [3.05, 3.63) is 72.8 Å². The van der Waals surface area contributed by atoms with Crippen LogP contribution in [0, 0.1) is 0 Å². The average molecular weight is 399 g/mol. The fraction of sp³-hybridized carbons (Fsp3) is 0.143. The summed E-state index contributed by atoms with van der Waals surface area (Å²) in [6.07, 6.45) is 7.01. The molecule has 0 unspecified atom stereocenters. The summed E-state index contributed by atoms with van der Waals surface area (Å²) < 4.78 is 7.74. The Bertz CT molecular complexity index is 1190. The third kappa shape index (κ3) is 3.86. The van der Waals surface area contributed by atoms with Crippen molar-refractivity contribution in [2.75, 3.05) is 5.32 Å². The molecule has 1 saturated carbocycles. The Morgan fingerprint density at radius 3 is 2.77 bits per heavy atom. The Kier molecular flexibility index (Phi) is 4.60. The number of nitrogens with zero attached hydrogens (tertiary/aromatic N) is 6. The maximum atomic E-state index is 12.7. The molecule has 1 fully saturated rings. The van der Waals surface area contributed by atoms with Crippen LogP contribution in [0.25, 0.3) is 11.5 Å². The number of carbonyl (C=O) groups is 1. The standard InChI is InChI=1S/C21H17N7O2/c29-21(14-3-1-4-16(11-14)30-17-9-10-22-23-12-17)26-19-6-2-5-18(25-19)20-27-24-13-28(20)15-7-8-15/h1-6,9-13,15H,7-8H2,(H,25,26,29). The molecule has 0 bridgehead atoms. The van der Waals surface area contributed by atoms with Crippen LogP contribution in [-0.4, -0.2) is 35.9 Å². The number of rotatable bonds is 6. The van der Waals surface area contributed by atoms with Crippen LogP contribution in [0.5, 0.6) is 11.5 Å². The first kappa shape index (κ1) is 17.9. The number of ether oxygens (including phenoxy) is 1. The summed E-state index contributed by atoms with van der Waals surface area (Å²) >= 11 is 0. The number of amides is 1. The number of hydrogen-bond acceptors (Lipinski definition) is 7. The van der Waals surface area contributed by atoms with E-state index in [0.29, 0.717) is 40.4 Å². The maximum Gasteiger partial charge on any atom is 0.256 e. The molecule has 1 aliphatic carbocycles. The van der Waals surface area contributed by atoms with Gasteiger partial charge in [-0.15, -0.1) is 10.2 Å². The van der Waals surface area contributed by atoms with Gasteiger partial charge in [0.2, 0.25) is 0 Å². The summed E-state index contributed by atoms with van der Waals surface area (Å²) in [4.78, 5) is 17.3. The Labute approximate surface area is 171 Å². The summed E-state index contributed by atoms with van der Waals surface area (Å²) in [6, 6.07) is 14.4. The Morgan fingerprint density at radius 1 is 1.03 bits per heavy atom. The molecule has 30 heavy (non-hydrogen) atoms. The maximum absolute atomic E-state index is 12.7. The van der Waals surface area contributed by atoms with Gasteiger partial charge in [-0.3, -0.25) is 4.79 Å². The van der Waals surface area contributed by atoms with Gasteiger partial charge < -0.3 is 14.6 Å². The molecule has 1 aromatic carbocycles. The van der Waals surface area contributed by atoms with Crippen molar-refractivity contribution in [3.63, 3.8) is 0 Å². The predicted molar refractivity (Wildman–Crippen MR) is 108 cm³/mol. The number of benzene rings is 1. The van der Waals surface area contributed by atoms with Gasteiger partial charge in [0, 0.05) is 17.7 Å². The van der Waals surface area contributed by atoms with Crippen LogP contribution in [0.1, 0.15) is 29.2 Å². The van der Waals surface area contributed by atoms with Crippen LogP contribution in [0.15, 0.2) is 67.3 Å². The number of hydrogen-bond donors (Lipinski definition) is 1. The summed E-state index contributed by atoms with van der Waals surface area (Å²) in [7, 11) is 0. The Morgan fingerprint density at radius 2 is 1.93 bits per heavy atom. The molecule has 0 saturated heterocycles. The highest BCUT2D eigenvalue weighted by Crippen LogP contribution is 2.37. The second kappa shape index (κ2) is 7.70. The first-order valence-corrected chi connectivity index (χ1v) is 9.49. The van der Waals surface area contributed by atoms with E-state index in [1.165, 1.54) is 12.4 Å². The van der Waals surface area contributed by atoms with E-state index in [4.69, 9.17) is 4.74 Å². The van der Waals surface area contributed by atoms with E-state index in [1.54, 1.807) is 42.7 Å². The molecule has 0 aliphatic heterocycles. The summed E-state index contributed by atoms with van der Waals surface area (Å²) in [5, 5.41) is 18.5. The van der Waals surface area contributed by atoms with E-state index >= 15 is 0 Å². The van der Waals surface area contributed by atoms with Crippen molar-refractivity contribution in [1.82, 2.24) is 29.9 Å². The van der Waals surface area contributed by atoms with Crippen molar-refractivity contribution in [1.29, 1.82) is 0 Å². The van der Waals surface area contributed by atoms with Gasteiger partial charge in [-0.05, 0) is 43.2 Å². The van der Waals surface area contributed by atoms with Crippen molar-refractivity contribution in [3.8, 4) is 23.0 Å². The zero-order valence-electron chi connectivity index (χ0n) is 15.8. The molecule has 148 valence electrons. The van der Waals surface area contributed by atoms with Crippen molar-refractivity contribution in [2.45, 2.75) is 18.9 Å². The summed E-state index contributed by atoms with van der Waals surface area (Å²) in [6.45, 7) is 0. The highest BCUT2D eigenvalue weighted by Gasteiger charge is 2.27. The van der Waals surface area contributed by atoms with Crippen molar-refractivity contribution < 1.29 is 9.53 Å². The van der Waals surface area contributed by atoms with Gasteiger partial charge in [-0.2, -0.15) is 10.2 Å². The second-order valence-corrected chi connectivity index (χ2v) is 6.86. The van der Waals surface area contributed by atoms with Gasteiger partial charge >= 0.3 is 0 Å². The third-order valence-electron chi connectivity index (χ3n) is 4.62. The smallest absolute Gasteiger partial charge is 0.256 e. The SMILES string of the molecule is O=C(Nc1cccc(-c2nncn2C2CC2)n1)c1cccc(Oc2ccnnc2)c1. The van der Waals surface area contributed by atoms with Gasteiger partial charge in [-0.25, -0.2) is 4.98 Å². The molecule has 1 N–H and O–H groups in total. The molecule has 0 radical (unpaired) electrons. The van der Waals surface area contributed by atoms with E-state index in [0.717, 1.165) is 12.8 Å². The van der Waals surface area contributed by atoms with E-state index < -0.39 is 0 Å². The van der Waals surface area contributed by atoms with E-state index in [-0.39, 0.29) is 5.91 Å². The lowest BCUT2D eigenvalue weighted by Crippen LogP contribution is -2.13. The van der Waals surface area contributed by atoms with Crippen LogP contribution in [0.2, 0.25) is 0 Å². The molecule has 1 aliphatic rings. The van der Waals surface area contributed by atoms with Crippen molar-refractivity contribution >= 4 is 11.7 Å². The van der Waals surface area contributed by atoms with E-state index in [9.17, 15) is 4.79 Å². The number of anilines is 1.